The van der Waals surface area contributed by atoms with Crippen molar-refractivity contribution in [3.63, 3.8) is 0 Å². The quantitative estimate of drug-likeness (QED) is 0.849. The van der Waals surface area contributed by atoms with E-state index in [0.29, 0.717) is 0 Å². The van der Waals surface area contributed by atoms with Gasteiger partial charge in [-0.05, 0) is 41.7 Å². The molecule has 0 atom stereocenters. The number of rotatable bonds is 6. The highest BCUT2D eigenvalue weighted by molar-refractivity contribution is 7.07. The van der Waals surface area contributed by atoms with E-state index in [-0.39, 0.29) is 0 Å². The molecule has 0 bridgehead atoms. The van der Waals surface area contributed by atoms with Crippen LogP contribution in [0.5, 0.6) is 0 Å². The van der Waals surface area contributed by atoms with Crippen LogP contribution in [-0.2, 0) is 19.5 Å². The van der Waals surface area contributed by atoms with Crippen LogP contribution in [0.15, 0.2) is 29.4 Å². The molecule has 2 aromatic heterocycles. The molecular weight excluding hydrogens is 230 g/mol. The highest BCUT2D eigenvalue weighted by Crippen LogP contribution is 2.19. The molecule has 2 heterocycles. The molecule has 0 radical (unpaired) electrons. The van der Waals surface area contributed by atoms with Gasteiger partial charge in [-0.2, -0.15) is 11.3 Å². The average Bonchev–Trinajstić information content (AvgIpc) is 2.86. The molecule has 0 aromatic carbocycles. The first-order valence-electron chi connectivity index (χ1n) is 6.15. The average molecular weight is 247 g/mol. The van der Waals surface area contributed by atoms with Crippen LogP contribution in [0.25, 0.3) is 0 Å². The number of aryl methyl sites for hydroxylation is 2. The van der Waals surface area contributed by atoms with Gasteiger partial charge in [-0.1, -0.05) is 0 Å². The van der Waals surface area contributed by atoms with Crippen molar-refractivity contribution in [2.75, 3.05) is 0 Å². The van der Waals surface area contributed by atoms with Crippen molar-refractivity contribution in [3.8, 4) is 0 Å². The van der Waals surface area contributed by atoms with E-state index in [9.17, 15) is 0 Å². The third-order valence-corrected chi connectivity index (χ3v) is 3.90. The SMILES string of the molecule is c1cc(CCn2cncc2CNC2CC2)cs1. The second-order valence-electron chi connectivity index (χ2n) is 4.62. The monoisotopic (exact) mass is 247 g/mol. The van der Waals surface area contributed by atoms with Gasteiger partial charge in [0.15, 0.2) is 0 Å². The van der Waals surface area contributed by atoms with Gasteiger partial charge in [-0.15, -0.1) is 0 Å². The second kappa shape index (κ2) is 5.02. The van der Waals surface area contributed by atoms with E-state index in [2.05, 4.69) is 31.7 Å². The first-order chi connectivity index (χ1) is 8.42. The Labute approximate surface area is 106 Å². The fraction of sp³-hybridized carbons (Fsp3) is 0.462. The van der Waals surface area contributed by atoms with Crippen molar-refractivity contribution in [2.45, 2.75) is 38.4 Å². The predicted molar refractivity (Wildman–Crippen MR) is 70.1 cm³/mol. The van der Waals surface area contributed by atoms with E-state index in [0.717, 1.165) is 25.6 Å². The van der Waals surface area contributed by atoms with Crippen LogP contribution in [0.1, 0.15) is 24.1 Å². The topological polar surface area (TPSA) is 29.9 Å². The zero-order chi connectivity index (χ0) is 11.5. The summed E-state index contributed by atoms with van der Waals surface area (Å²) in [6, 6.07) is 2.96. The summed E-state index contributed by atoms with van der Waals surface area (Å²) in [5, 5.41) is 7.89. The molecule has 1 aliphatic carbocycles. The number of nitrogens with one attached hydrogen (secondary N) is 1. The molecule has 0 aliphatic heterocycles. The molecule has 0 saturated heterocycles. The summed E-state index contributed by atoms with van der Waals surface area (Å²) >= 11 is 1.77. The van der Waals surface area contributed by atoms with Crippen LogP contribution in [0.4, 0.5) is 0 Å². The van der Waals surface area contributed by atoms with E-state index in [1.165, 1.54) is 24.1 Å². The molecule has 0 amide bonds. The van der Waals surface area contributed by atoms with E-state index in [1.807, 2.05) is 12.5 Å². The minimum atomic E-state index is 0.759. The lowest BCUT2D eigenvalue weighted by molar-refractivity contribution is 0.606. The highest BCUT2D eigenvalue weighted by Gasteiger charge is 2.20. The lowest BCUT2D eigenvalue weighted by Gasteiger charge is -2.08. The first-order valence-corrected chi connectivity index (χ1v) is 7.09. The standard InChI is InChI=1S/C13H17N3S/c1-2-12(1)15-8-13-7-14-10-16(13)5-3-11-4-6-17-9-11/h4,6-7,9-10,12,15H,1-3,5,8H2. The van der Waals surface area contributed by atoms with Crippen molar-refractivity contribution in [1.82, 2.24) is 14.9 Å². The van der Waals surface area contributed by atoms with E-state index < -0.39 is 0 Å². The second-order valence-corrected chi connectivity index (χ2v) is 5.40. The van der Waals surface area contributed by atoms with Crippen LogP contribution >= 0.6 is 11.3 Å². The number of imidazole rings is 1. The number of thiophene rings is 1. The number of nitrogens with zero attached hydrogens (tertiary/aromatic N) is 2. The van der Waals surface area contributed by atoms with Gasteiger partial charge in [0, 0.05) is 25.3 Å². The Morgan fingerprint density at radius 2 is 2.41 bits per heavy atom. The van der Waals surface area contributed by atoms with Crippen molar-refractivity contribution < 1.29 is 0 Å². The zero-order valence-corrected chi connectivity index (χ0v) is 10.6. The summed E-state index contributed by atoms with van der Waals surface area (Å²) in [4.78, 5) is 4.25. The fourth-order valence-electron chi connectivity index (χ4n) is 1.92. The molecule has 1 saturated carbocycles. The van der Waals surface area contributed by atoms with Crippen LogP contribution in [0, 0.1) is 0 Å². The minimum absolute atomic E-state index is 0.759. The van der Waals surface area contributed by atoms with Crippen molar-refractivity contribution in [2.24, 2.45) is 0 Å². The van der Waals surface area contributed by atoms with Crippen LogP contribution in [0.3, 0.4) is 0 Å². The van der Waals surface area contributed by atoms with E-state index in [4.69, 9.17) is 0 Å². The zero-order valence-electron chi connectivity index (χ0n) is 9.80. The third-order valence-electron chi connectivity index (χ3n) is 3.17. The summed E-state index contributed by atoms with van der Waals surface area (Å²) in [7, 11) is 0. The molecule has 0 spiro atoms. The summed E-state index contributed by atoms with van der Waals surface area (Å²) in [5.41, 5.74) is 2.72. The Morgan fingerprint density at radius 3 is 3.18 bits per heavy atom. The summed E-state index contributed by atoms with van der Waals surface area (Å²) in [6.07, 6.45) is 7.68. The van der Waals surface area contributed by atoms with Gasteiger partial charge in [0.2, 0.25) is 0 Å². The molecule has 17 heavy (non-hydrogen) atoms. The van der Waals surface area contributed by atoms with Gasteiger partial charge in [0.05, 0.1) is 12.0 Å². The summed E-state index contributed by atoms with van der Waals surface area (Å²) in [6.45, 7) is 1.98. The Hall–Kier alpha value is -1.13. The van der Waals surface area contributed by atoms with Crippen molar-refractivity contribution in [1.29, 1.82) is 0 Å². The normalized spacial score (nSPS) is 15.3. The minimum Gasteiger partial charge on any atom is -0.333 e. The van der Waals surface area contributed by atoms with Crippen LogP contribution < -0.4 is 5.32 Å². The maximum absolute atomic E-state index is 4.25. The summed E-state index contributed by atoms with van der Waals surface area (Å²) in [5.74, 6) is 0. The van der Waals surface area contributed by atoms with Crippen molar-refractivity contribution >= 4 is 11.3 Å². The Bertz CT molecular complexity index is 457. The van der Waals surface area contributed by atoms with Crippen LogP contribution in [0.2, 0.25) is 0 Å². The lowest BCUT2D eigenvalue weighted by Crippen LogP contribution is -2.18. The van der Waals surface area contributed by atoms with Gasteiger partial charge < -0.3 is 9.88 Å². The third kappa shape index (κ3) is 2.96. The molecule has 3 rings (SSSR count). The van der Waals surface area contributed by atoms with E-state index >= 15 is 0 Å². The smallest absolute Gasteiger partial charge is 0.0948 e. The molecule has 0 unspecified atom stereocenters. The van der Waals surface area contributed by atoms with E-state index in [1.54, 1.807) is 11.3 Å². The molecule has 90 valence electrons. The Morgan fingerprint density at radius 1 is 1.47 bits per heavy atom. The maximum atomic E-state index is 4.25. The Balaban J connectivity index is 1.56. The molecular formula is C13H17N3S. The predicted octanol–water partition coefficient (Wildman–Crippen LogP) is 2.44. The molecule has 2 aromatic rings. The van der Waals surface area contributed by atoms with Crippen LogP contribution in [-0.4, -0.2) is 15.6 Å². The number of aromatic nitrogens is 2. The largest absolute Gasteiger partial charge is 0.333 e. The summed E-state index contributed by atoms with van der Waals surface area (Å²) < 4.78 is 2.26. The van der Waals surface area contributed by atoms with Gasteiger partial charge in [0.25, 0.3) is 0 Å². The molecule has 1 aliphatic rings. The first kappa shape index (κ1) is 11.0. The highest BCUT2D eigenvalue weighted by atomic mass is 32.1. The molecule has 3 nitrogen and oxygen atoms in total. The molecule has 1 fully saturated rings. The molecule has 4 heteroatoms. The van der Waals surface area contributed by atoms with Gasteiger partial charge in [0.1, 0.15) is 0 Å². The molecule has 1 N–H and O–H groups in total. The van der Waals surface area contributed by atoms with Gasteiger partial charge in [-0.25, -0.2) is 4.98 Å². The number of hydrogen-bond donors (Lipinski definition) is 1. The number of hydrogen-bond acceptors (Lipinski definition) is 3. The maximum Gasteiger partial charge on any atom is 0.0948 e. The van der Waals surface area contributed by atoms with Gasteiger partial charge >= 0.3 is 0 Å². The fourth-order valence-corrected chi connectivity index (χ4v) is 2.62. The van der Waals surface area contributed by atoms with Crippen molar-refractivity contribution in [3.05, 3.63) is 40.6 Å². The lowest BCUT2D eigenvalue weighted by atomic mass is 10.2. The Kier molecular flexibility index (Phi) is 3.25. The van der Waals surface area contributed by atoms with Gasteiger partial charge in [-0.3, -0.25) is 0 Å².